The maximum Gasteiger partial charge on any atom is 0.289 e. The molecule has 1 rings (SSSR count). The number of ketones is 1. The molecule has 0 aliphatic heterocycles. The molecule has 1 aromatic rings. The molecule has 0 aromatic carbocycles. The molecule has 0 saturated heterocycles. The molecule has 1 amide bonds. The highest BCUT2D eigenvalue weighted by atomic mass is 35.5. The summed E-state index contributed by atoms with van der Waals surface area (Å²) in [6.45, 7) is 0. The van der Waals surface area contributed by atoms with Gasteiger partial charge >= 0.3 is 0 Å². The molecule has 0 saturated carbocycles. The third-order valence-electron chi connectivity index (χ3n) is 1.50. The number of nitrogens with two attached hydrogens (primary N) is 1. The largest absolute Gasteiger partial charge is 0.481 e. The lowest BCUT2D eigenvalue weighted by atomic mass is 10.2. The van der Waals surface area contributed by atoms with Gasteiger partial charge in [-0.2, -0.15) is 0 Å². The Balaban J connectivity index is 3.12. The summed E-state index contributed by atoms with van der Waals surface area (Å²) in [5, 5.41) is -0.104. The van der Waals surface area contributed by atoms with Crippen LogP contribution in [0.1, 0.15) is 10.4 Å². The molecule has 0 bridgehead atoms. The van der Waals surface area contributed by atoms with E-state index in [1.54, 1.807) is 0 Å². The molecule has 0 aliphatic rings. The SMILES string of the molecule is COc1ccc(C(=O)C(N)=O)c(Cl)n1. The van der Waals surface area contributed by atoms with Crippen molar-refractivity contribution in [3.05, 3.63) is 22.8 Å². The molecule has 74 valence electrons. The minimum absolute atomic E-state index is 0.0278. The number of primary amides is 1. The number of rotatable bonds is 3. The topological polar surface area (TPSA) is 82.3 Å². The zero-order valence-corrected chi connectivity index (χ0v) is 8.04. The van der Waals surface area contributed by atoms with Crippen molar-refractivity contribution >= 4 is 23.3 Å². The second-order valence-corrected chi connectivity index (χ2v) is 2.74. The van der Waals surface area contributed by atoms with Crippen LogP contribution >= 0.6 is 11.6 Å². The van der Waals surface area contributed by atoms with Crippen molar-refractivity contribution in [2.75, 3.05) is 7.11 Å². The lowest BCUT2D eigenvalue weighted by Gasteiger charge is -2.02. The number of aromatic nitrogens is 1. The van der Waals surface area contributed by atoms with Crippen LogP contribution in [0.2, 0.25) is 5.15 Å². The highest BCUT2D eigenvalue weighted by molar-refractivity contribution is 6.46. The van der Waals surface area contributed by atoms with Crippen molar-refractivity contribution in [2.45, 2.75) is 0 Å². The highest BCUT2D eigenvalue weighted by Gasteiger charge is 2.17. The van der Waals surface area contributed by atoms with Crippen LogP contribution in [0.4, 0.5) is 0 Å². The summed E-state index contributed by atoms with van der Waals surface area (Å²) < 4.78 is 4.77. The number of ether oxygens (including phenoxy) is 1. The van der Waals surface area contributed by atoms with Gasteiger partial charge in [-0.25, -0.2) is 4.98 Å². The Morgan fingerprint density at radius 1 is 1.50 bits per heavy atom. The van der Waals surface area contributed by atoms with E-state index in [9.17, 15) is 9.59 Å². The van der Waals surface area contributed by atoms with Gasteiger partial charge in [-0.1, -0.05) is 11.6 Å². The van der Waals surface area contributed by atoms with Crippen LogP contribution in [0, 0.1) is 0 Å². The quantitative estimate of drug-likeness (QED) is 0.449. The number of carbonyl (C=O) groups is 2. The van der Waals surface area contributed by atoms with E-state index in [0.29, 0.717) is 0 Å². The Morgan fingerprint density at radius 3 is 2.57 bits per heavy atom. The number of Topliss-reactive ketones (excluding diaryl/α,β-unsaturated/α-hetero) is 1. The molecular weight excluding hydrogens is 208 g/mol. The fourth-order valence-corrected chi connectivity index (χ4v) is 1.07. The first-order valence-corrected chi connectivity index (χ1v) is 3.98. The second kappa shape index (κ2) is 4.06. The number of amides is 1. The molecular formula is C8H7ClN2O3. The van der Waals surface area contributed by atoms with E-state index in [1.807, 2.05) is 0 Å². The maximum absolute atomic E-state index is 11.1. The molecule has 1 heterocycles. The van der Waals surface area contributed by atoms with E-state index in [1.165, 1.54) is 19.2 Å². The molecule has 0 radical (unpaired) electrons. The van der Waals surface area contributed by atoms with Crippen LogP contribution in [0.15, 0.2) is 12.1 Å². The summed E-state index contributed by atoms with van der Waals surface area (Å²) in [5.74, 6) is -1.68. The molecule has 0 aliphatic carbocycles. The first-order chi connectivity index (χ1) is 6.56. The van der Waals surface area contributed by atoms with Gasteiger partial charge in [0.2, 0.25) is 5.88 Å². The van der Waals surface area contributed by atoms with Gasteiger partial charge in [-0.3, -0.25) is 9.59 Å². The summed E-state index contributed by atoms with van der Waals surface area (Å²) >= 11 is 5.63. The van der Waals surface area contributed by atoms with Crippen LogP contribution in [0.5, 0.6) is 5.88 Å². The van der Waals surface area contributed by atoms with Gasteiger partial charge in [0.25, 0.3) is 11.7 Å². The van der Waals surface area contributed by atoms with E-state index in [2.05, 4.69) is 4.98 Å². The molecule has 6 heteroatoms. The van der Waals surface area contributed by atoms with Crippen molar-refractivity contribution in [1.82, 2.24) is 4.98 Å². The average Bonchev–Trinajstić information content (AvgIpc) is 2.16. The van der Waals surface area contributed by atoms with Gasteiger partial charge < -0.3 is 10.5 Å². The van der Waals surface area contributed by atoms with Crippen molar-refractivity contribution in [3.63, 3.8) is 0 Å². The fraction of sp³-hybridized carbons (Fsp3) is 0.125. The van der Waals surface area contributed by atoms with E-state index in [0.717, 1.165) is 0 Å². The third-order valence-corrected chi connectivity index (χ3v) is 1.79. The number of halogens is 1. The number of nitrogens with zero attached hydrogens (tertiary/aromatic N) is 1. The van der Waals surface area contributed by atoms with E-state index < -0.39 is 11.7 Å². The van der Waals surface area contributed by atoms with Crippen LogP contribution < -0.4 is 10.5 Å². The first kappa shape index (κ1) is 10.5. The normalized spacial score (nSPS) is 9.57. The van der Waals surface area contributed by atoms with Gasteiger partial charge in [-0.05, 0) is 6.07 Å². The fourth-order valence-electron chi connectivity index (χ4n) is 0.833. The molecule has 1 aromatic heterocycles. The predicted octanol–water partition coefficient (Wildman–Crippen LogP) is 0.412. The Bertz CT molecular complexity index is 392. The summed E-state index contributed by atoms with van der Waals surface area (Å²) in [6, 6.07) is 2.75. The standard InChI is InChI=1S/C8H7ClN2O3/c1-14-5-3-2-4(7(9)11-5)6(12)8(10)13/h2-3H,1H3,(H2,10,13). The van der Waals surface area contributed by atoms with Crippen molar-refractivity contribution < 1.29 is 14.3 Å². The molecule has 0 fully saturated rings. The Morgan fingerprint density at radius 2 is 2.14 bits per heavy atom. The summed E-state index contributed by atoms with van der Waals surface area (Å²) in [7, 11) is 1.41. The Kier molecular flexibility index (Phi) is 3.03. The zero-order chi connectivity index (χ0) is 10.7. The number of carbonyl (C=O) groups excluding carboxylic acids is 2. The maximum atomic E-state index is 11.1. The van der Waals surface area contributed by atoms with Crippen LogP contribution in [0.3, 0.4) is 0 Å². The van der Waals surface area contributed by atoms with Gasteiger partial charge in [-0.15, -0.1) is 0 Å². The number of hydrogen-bond acceptors (Lipinski definition) is 4. The van der Waals surface area contributed by atoms with Crippen molar-refractivity contribution in [3.8, 4) is 5.88 Å². The Labute approximate surface area is 84.8 Å². The number of methoxy groups -OCH3 is 1. The summed E-state index contributed by atoms with van der Waals surface area (Å²) in [6.07, 6.45) is 0. The minimum Gasteiger partial charge on any atom is -0.481 e. The van der Waals surface area contributed by atoms with Crippen molar-refractivity contribution in [1.29, 1.82) is 0 Å². The zero-order valence-electron chi connectivity index (χ0n) is 7.28. The van der Waals surface area contributed by atoms with Gasteiger partial charge in [0.15, 0.2) is 0 Å². The minimum atomic E-state index is -1.07. The average molecular weight is 215 g/mol. The van der Waals surface area contributed by atoms with Crippen LogP contribution in [-0.2, 0) is 4.79 Å². The number of pyridine rings is 1. The monoisotopic (exact) mass is 214 g/mol. The van der Waals surface area contributed by atoms with Gasteiger partial charge in [0.1, 0.15) is 5.15 Å². The lowest BCUT2D eigenvalue weighted by Crippen LogP contribution is -2.23. The van der Waals surface area contributed by atoms with Gasteiger partial charge in [0.05, 0.1) is 12.7 Å². The molecule has 5 nitrogen and oxygen atoms in total. The summed E-state index contributed by atoms with van der Waals surface area (Å²) in [5.41, 5.74) is 4.77. The van der Waals surface area contributed by atoms with Gasteiger partial charge in [0, 0.05) is 6.07 Å². The predicted molar refractivity (Wildman–Crippen MR) is 49.3 cm³/mol. The summed E-state index contributed by atoms with van der Waals surface area (Å²) in [4.78, 5) is 25.4. The molecule has 0 unspecified atom stereocenters. The van der Waals surface area contributed by atoms with Crippen molar-refractivity contribution in [2.24, 2.45) is 5.73 Å². The van der Waals surface area contributed by atoms with E-state index in [4.69, 9.17) is 22.1 Å². The highest BCUT2D eigenvalue weighted by Crippen LogP contribution is 2.17. The van der Waals surface area contributed by atoms with E-state index >= 15 is 0 Å². The lowest BCUT2D eigenvalue weighted by molar-refractivity contribution is -0.114. The second-order valence-electron chi connectivity index (χ2n) is 2.39. The first-order valence-electron chi connectivity index (χ1n) is 3.61. The third kappa shape index (κ3) is 2.00. The molecule has 0 atom stereocenters. The Hall–Kier alpha value is -1.62. The van der Waals surface area contributed by atoms with Crippen LogP contribution in [-0.4, -0.2) is 23.8 Å². The van der Waals surface area contributed by atoms with E-state index in [-0.39, 0.29) is 16.6 Å². The van der Waals surface area contributed by atoms with Crippen LogP contribution in [0.25, 0.3) is 0 Å². The smallest absolute Gasteiger partial charge is 0.289 e. The molecule has 2 N–H and O–H groups in total. The number of hydrogen-bond donors (Lipinski definition) is 1. The molecule has 14 heavy (non-hydrogen) atoms. The molecule has 0 spiro atoms.